The van der Waals surface area contributed by atoms with Crippen molar-refractivity contribution in [1.82, 2.24) is 0 Å². The number of thiophene rings is 1. The summed E-state index contributed by atoms with van der Waals surface area (Å²) >= 11 is 5.25. The molecule has 1 aromatic rings. The summed E-state index contributed by atoms with van der Waals surface area (Å²) in [7, 11) is 0. The van der Waals surface area contributed by atoms with Gasteiger partial charge in [-0.15, -0.1) is 11.3 Å². The molecule has 0 aliphatic heterocycles. The van der Waals surface area contributed by atoms with Gasteiger partial charge in [-0.05, 0) is 53.7 Å². The van der Waals surface area contributed by atoms with Gasteiger partial charge >= 0.3 is 0 Å². The molecule has 1 aliphatic carbocycles. The van der Waals surface area contributed by atoms with Crippen LogP contribution in [0.25, 0.3) is 0 Å². The van der Waals surface area contributed by atoms with E-state index in [1.807, 2.05) is 6.92 Å². The Morgan fingerprint density at radius 2 is 2.26 bits per heavy atom. The van der Waals surface area contributed by atoms with Crippen molar-refractivity contribution < 1.29 is 4.74 Å². The summed E-state index contributed by atoms with van der Waals surface area (Å²) in [6.45, 7) is 4.32. The maximum Gasteiger partial charge on any atom is 0.107 e. The van der Waals surface area contributed by atoms with Crippen LogP contribution in [0, 0.1) is 5.92 Å². The molecule has 1 heterocycles. The molecule has 0 spiro atoms. The number of hydrogen-bond donors (Lipinski definition) is 1. The van der Waals surface area contributed by atoms with Crippen molar-refractivity contribution in [3.63, 3.8) is 0 Å². The molecule has 2 N–H and O–H groups in total. The molecule has 2 rings (SSSR count). The van der Waals surface area contributed by atoms with Crippen LogP contribution in [0.2, 0.25) is 0 Å². The summed E-state index contributed by atoms with van der Waals surface area (Å²) < 4.78 is 7.49. The van der Waals surface area contributed by atoms with Crippen molar-refractivity contribution in [2.75, 3.05) is 0 Å². The van der Waals surface area contributed by atoms with Crippen LogP contribution < -0.4 is 5.73 Å². The molecule has 108 valence electrons. The van der Waals surface area contributed by atoms with Crippen LogP contribution in [0.1, 0.15) is 56.9 Å². The number of rotatable bonds is 5. The van der Waals surface area contributed by atoms with Crippen LogP contribution in [-0.2, 0) is 4.74 Å². The fourth-order valence-electron chi connectivity index (χ4n) is 2.87. The molecule has 0 radical (unpaired) electrons. The predicted molar refractivity (Wildman–Crippen MR) is 85.5 cm³/mol. The van der Waals surface area contributed by atoms with Gasteiger partial charge in [-0.1, -0.05) is 26.2 Å². The second kappa shape index (κ2) is 7.21. The molecule has 0 bridgehead atoms. The predicted octanol–water partition coefficient (Wildman–Crippen LogP) is 4.88. The highest BCUT2D eigenvalue weighted by Gasteiger charge is 2.27. The summed E-state index contributed by atoms with van der Waals surface area (Å²) in [5.41, 5.74) is 6.13. The fourth-order valence-corrected chi connectivity index (χ4v) is 4.45. The van der Waals surface area contributed by atoms with E-state index in [4.69, 9.17) is 10.5 Å². The first-order valence-corrected chi connectivity index (χ1v) is 8.87. The molecular formula is C15H24BrNOS. The van der Waals surface area contributed by atoms with Crippen LogP contribution in [-0.4, -0.2) is 12.1 Å². The summed E-state index contributed by atoms with van der Waals surface area (Å²) in [5, 5.41) is 0. The van der Waals surface area contributed by atoms with Gasteiger partial charge in [0.15, 0.2) is 0 Å². The van der Waals surface area contributed by atoms with Gasteiger partial charge < -0.3 is 10.5 Å². The zero-order valence-corrected chi connectivity index (χ0v) is 14.2. The Hall–Kier alpha value is 0.1000. The van der Waals surface area contributed by atoms with E-state index in [9.17, 15) is 0 Å². The minimum atomic E-state index is 0.0348. The Kier molecular flexibility index (Phi) is 5.87. The summed E-state index contributed by atoms with van der Waals surface area (Å²) in [6.07, 6.45) is 6.74. The average Bonchev–Trinajstić information content (AvgIpc) is 2.82. The van der Waals surface area contributed by atoms with Crippen molar-refractivity contribution in [1.29, 1.82) is 0 Å². The van der Waals surface area contributed by atoms with Gasteiger partial charge in [0.25, 0.3) is 0 Å². The minimum absolute atomic E-state index is 0.0348. The second-order valence-electron chi connectivity index (χ2n) is 5.62. The van der Waals surface area contributed by atoms with Crippen molar-refractivity contribution in [2.24, 2.45) is 11.7 Å². The molecule has 1 aliphatic rings. The number of nitrogens with two attached hydrogens (primary N) is 1. The fraction of sp³-hybridized carbons (Fsp3) is 0.733. The van der Waals surface area contributed by atoms with Crippen LogP contribution >= 0.6 is 27.3 Å². The maximum absolute atomic E-state index is 6.35. The first kappa shape index (κ1) is 15.5. The molecule has 1 aromatic heterocycles. The molecule has 0 amide bonds. The lowest BCUT2D eigenvalue weighted by atomic mass is 9.85. The van der Waals surface area contributed by atoms with Gasteiger partial charge in [-0.25, -0.2) is 0 Å². The van der Waals surface area contributed by atoms with Gasteiger partial charge in [0, 0.05) is 10.9 Å². The van der Waals surface area contributed by atoms with E-state index < -0.39 is 0 Å². The van der Waals surface area contributed by atoms with Crippen LogP contribution in [0.3, 0.4) is 0 Å². The summed E-state index contributed by atoms with van der Waals surface area (Å²) in [4.78, 5) is 1.24. The van der Waals surface area contributed by atoms with E-state index in [0.29, 0.717) is 6.10 Å². The van der Waals surface area contributed by atoms with E-state index >= 15 is 0 Å². The molecule has 1 fully saturated rings. The Morgan fingerprint density at radius 1 is 1.47 bits per heavy atom. The molecule has 19 heavy (non-hydrogen) atoms. The number of hydrogen-bond acceptors (Lipinski definition) is 3. The Balaban J connectivity index is 2.00. The number of halogens is 1. The summed E-state index contributed by atoms with van der Waals surface area (Å²) in [6, 6.07) is 4.24. The highest BCUT2D eigenvalue weighted by molar-refractivity contribution is 9.11. The SMILES string of the molecule is CCC1CCCC(OC(c2ccc(Br)s2)C(C)N)C1. The second-order valence-corrected chi connectivity index (χ2v) is 8.12. The normalized spacial score (nSPS) is 27.2. The van der Waals surface area contributed by atoms with Crippen molar-refractivity contribution in [3.8, 4) is 0 Å². The first-order valence-electron chi connectivity index (χ1n) is 7.26. The molecule has 0 aromatic carbocycles. The average molecular weight is 346 g/mol. The standard InChI is InChI=1S/C15H24BrNOS/c1-3-11-5-4-6-12(9-11)18-15(10(2)17)13-7-8-14(16)19-13/h7-8,10-12,15H,3-6,9,17H2,1-2H3. The largest absolute Gasteiger partial charge is 0.368 e. The van der Waals surface area contributed by atoms with Gasteiger partial charge in [0.05, 0.1) is 9.89 Å². The molecule has 1 saturated carbocycles. The highest BCUT2D eigenvalue weighted by atomic mass is 79.9. The lowest BCUT2D eigenvalue weighted by molar-refractivity contribution is -0.0492. The van der Waals surface area contributed by atoms with Gasteiger partial charge in [0.2, 0.25) is 0 Å². The van der Waals surface area contributed by atoms with E-state index in [2.05, 4.69) is 35.0 Å². The Labute approximate surface area is 128 Å². The Bertz CT molecular complexity index is 393. The van der Waals surface area contributed by atoms with Crippen LogP contribution in [0.15, 0.2) is 15.9 Å². The smallest absolute Gasteiger partial charge is 0.107 e. The molecule has 2 nitrogen and oxygen atoms in total. The van der Waals surface area contributed by atoms with Crippen LogP contribution in [0.5, 0.6) is 0 Å². The summed E-state index contributed by atoms with van der Waals surface area (Å²) in [5.74, 6) is 0.836. The van der Waals surface area contributed by atoms with Crippen molar-refractivity contribution in [3.05, 3.63) is 20.8 Å². The number of ether oxygens (including phenoxy) is 1. The maximum atomic E-state index is 6.35. The van der Waals surface area contributed by atoms with E-state index in [1.165, 1.54) is 37.0 Å². The molecule has 0 saturated heterocycles. The lowest BCUT2D eigenvalue weighted by Gasteiger charge is -2.32. The van der Waals surface area contributed by atoms with E-state index in [1.54, 1.807) is 11.3 Å². The Morgan fingerprint density at radius 3 is 2.84 bits per heavy atom. The van der Waals surface area contributed by atoms with Crippen LogP contribution in [0.4, 0.5) is 0 Å². The monoisotopic (exact) mass is 345 g/mol. The topological polar surface area (TPSA) is 35.2 Å². The zero-order valence-electron chi connectivity index (χ0n) is 11.8. The van der Waals surface area contributed by atoms with Crippen molar-refractivity contribution >= 4 is 27.3 Å². The third-order valence-corrected chi connectivity index (χ3v) is 5.69. The molecule has 4 unspecified atom stereocenters. The van der Waals surface area contributed by atoms with Gasteiger partial charge in [0.1, 0.15) is 6.10 Å². The van der Waals surface area contributed by atoms with Gasteiger partial charge in [-0.2, -0.15) is 0 Å². The molecule has 4 heteroatoms. The van der Waals surface area contributed by atoms with Crippen molar-refractivity contribution in [2.45, 2.75) is 64.2 Å². The van der Waals surface area contributed by atoms with Gasteiger partial charge in [-0.3, -0.25) is 0 Å². The first-order chi connectivity index (χ1) is 9.10. The minimum Gasteiger partial charge on any atom is -0.368 e. The highest BCUT2D eigenvalue weighted by Crippen LogP contribution is 2.35. The third-order valence-electron chi connectivity index (χ3n) is 4.00. The van der Waals surface area contributed by atoms with E-state index in [0.717, 1.165) is 9.70 Å². The quantitative estimate of drug-likeness (QED) is 0.824. The molecule has 4 atom stereocenters. The third kappa shape index (κ3) is 4.28. The lowest BCUT2D eigenvalue weighted by Crippen LogP contribution is -2.32. The molecular weight excluding hydrogens is 322 g/mol. The zero-order chi connectivity index (χ0) is 13.8. The van der Waals surface area contributed by atoms with E-state index in [-0.39, 0.29) is 12.1 Å².